The second-order valence-electron chi connectivity index (χ2n) is 6.02. The molecule has 0 aliphatic heterocycles. The molecule has 3 nitrogen and oxygen atoms in total. The van der Waals surface area contributed by atoms with Crippen LogP contribution in [0.4, 0.5) is 11.4 Å². The second-order valence-corrected chi connectivity index (χ2v) is 6.88. The SMILES string of the molecule is CC(C)(C)c1ccc(C(=O)Nc2ccc(N)cc2Br)cc1. The van der Waals surface area contributed by atoms with E-state index in [0.29, 0.717) is 16.9 Å². The lowest BCUT2D eigenvalue weighted by molar-refractivity contribution is 0.102. The van der Waals surface area contributed by atoms with Crippen LogP contribution in [0.15, 0.2) is 46.9 Å². The minimum atomic E-state index is -0.138. The Hall–Kier alpha value is -1.81. The van der Waals surface area contributed by atoms with Crippen molar-refractivity contribution in [2.24, 2.45) is 0 Å². The molecule has 0 saturated heterocycles. The molecule has 0 bridgehead atoms. The Morgan fingerprint density at radius 3 is 2.24 bits per heavy atom. The number of nitrogens with two attached hydrogens (primary N) is 1. The van der Waals surface area contributed by atoms with Crippen LogP contribution < -0.4 is 11.1 Å². The number of nitrogen functional groups attached to an aromatic ring is 1. The molecule has 1 amide bonds. The Kier molecular flexibility index (Phi) is 4.37. The fraction of sp³-hybridized carbons (Fsp3) is 0.235. The highest BCUT2D eigenvalue weighted by Gasteiger charge is 2.14. The molecule has 3 N–H and O–H groups in total. The lowest BCUT2D eigenvalue weighted by Crippen LogP contribution is -2.14. The predicted molar refractivity (Wildman–Crippen MR) is 91.6 cm³/mol. The van der Waals surface area contributed by atoms with E-state index in [2.05, 4.69) is 42.0 Å². The molecule has 0 atom stereocenters. The van der Waals surface area contributed by atoms with Crippen molar-refractivity contribution in [1.29, 1.82) is 0 Å². The van der Waals surface area contributed by atoms with E-state index in [1.54, 1.807) is 18.2 Å². The Bertz CT molecular complexity index is 657. The zero-order valence-corrected chi connectivity index (χ0v) is 14.0. The van der Waals surface area contributed by atoms with Gasteiger partial charge in [0.05, 0.1) is 5.69 Å². The largest absolute Gasteiger partial charge is 0.399 e. The average Bonchev–Trinajstić information content (AvgIpc) is 2.41. The fourth-order valence-corrected chi connectivity index (χ4v) is 2.44. The lowest BCUT2D eigenvalue weighted by atomic mass is 9.87. The predicted octanol–water partition coefficient (Wildman–Crippen LogP) is 4.58. The van der Waals surface area contributed by atoms with Gasteiger partial charge in [0.15, 0.2) is 0 Å². The molecule has 0 unspecified atom stereocenters. The average molecular weight is 347 g/mol. The fourth-order valence-electron chi connectivity index (χ4n) is 1.95. The van der Waals surface area contributed by atoms with Gasteiger partial charge in [0.25, 0.3) is 5.91 Å². The normalized spacial score (nSPS) is 11.2. The zero-order valence-electron chi connectivity index (χ0n) is 12.4. The summed E-state index contributed by atoms with van der Waals surface area (Å²) in [5.41, 5.74) is 8.95. The number of halogens is 1. The van der Waals surface area contributed by atoms with Gasteiger partial charge in [0.2, 0.25) is 0 Å². The molecular weight excluding hydrogens is 328 g/mol. The van der Waals surface area contributed by atoms with Crippen molar-refractivity contribution in [3.63, 3.8) is 0 Å². The van der Waals surface area contributed by atoms with E-state index < -0.39 is 0 Å². The number of benzene rings is 2. The molecule has 2 aromatic rings. The first-order valence-corrected chi connectivity index (χ1v) is 7.53. The van der Waals surface area contributed by atoms with E-state index in [0.717, 1.165) is 4.47 Å². The maximum Gasteiger partial charge on any atom is 0.255 e. The molecule has 2 rings (SSSR count). The molecule has 4 heteroatoms. The van der Waals surface area contributed by atoms with E-state index in [1.807, 2.05) is 24.3 Å². The summed E-state index contributed by atoms with van der Waals surface area (Å²) < 4.78 is 0.766. The van der Waals surface area contributed by atoms with Gasteiger partial charge in [-0.2, -0.15) is 0 Å². The number of carbonyl (C=O) groups excluding carboxylic acids is 1. The van der Waals surface area contributed by atoms with Gasteiger partial charge in [0.1, 0.15) is 0 Å². The van der Waals surface area contributed by atoms with Gasteiger partial charge in [-0.3, -0.25) is 4.79 Å². The lowest BCUT2D eigenvalue weighted by Gasteiger charge is -2.19. The maximum absolute atomic E-state index is 12.2. The van der Waals surface area contributed by atoms with Gasteiger partial charge >= 0.3 is 0 Å². The first kappa shape index (κ1) is 15.6. The van der Waals surface area contributed by atoms with E-state index in [4.69, 9.17) is 5.73 Å². The standard InChI is InChI=1S/C17H19BrN2O/c1-17(2,3)12-6-4-11(5-7-12)16(21)20-15-9-8-13(19)10-14(15)18/h4-10H,19H2,1-3H3,(H,20,21). The molecular formula is C17H19BrN2O. The van der Waals surface area contributed by atoms with Crippen LogP contribution >= 0.6 is 15.9 Å². The van der Waals surface area contributed by atoms with Crippen LogP contribution in [-0.4, -0.2) is 5.91 Å². The van der Waals surface area contributed by atoms with Crippen molar-refractivity contribution >= 4 is 33.2 Å². The number of amides is 1. The minimum Gasteiger partial charge on any atom is -0.399 e. The maximum atomic E-state index is 12.2. The topological polar surface area (TPSA) is 55.1 Å². The highest BCUT2D eigenvalue weighted by Crippen LogP contribution is 2.26. The van der Waals surface area contributed by atoms with Gasteiger partial charge < -0.3 is 11.1 Å². The van der Waals surface area contributed by atoms with Crippen LogP contribution in [0.5, 0.6) is 0 Å². The summed E-state index contributed by atoms with van der Waals surface area (Å²) in [6.07, 6.45) is 0. The zero-order chi connectivity index (χ0) is 15.6. The smallest absolute Gasteiger partial charge is 0.255 e. The van der Waals surface area contributed by atoms with Crippen molar-refractivity contribution in [3.8, 4) is 0 Å². The van der Waals surface area contributed by atoms with Crippen LogP contribution in [0.25, 0.3) is 0 Å². The highest BCUT2D eigenvalue weighted by molar-refractivity contribution is 9.10. The molecule has 0 aliphatic rings. The highest BCUT2D eigenvalue weighted by atomic mass is 79.9. The van der Waals surface area contributed by atoms with Crippen LogP contribution in [0.1, 0.15) is 36.7 Å². The van der Waals surface area contributed by atoms with Gasteiger partial charge in [0, 0.05) is 15.7 Å². The summed E-state index contributed by atoms with van der Waals surface area (Å²) >= 11 is 3.39. The van der Waals surface area contributed by atoms with Gasteiger partial charge in [-0.1, -0.05) is 32.9 Å². The molecule has 0 heterocycles. The van der Waals surface area contributed by atoms with Crippen LogP contribution in [-0.2, 0) is 5.41 Å². The van der Waals surface area contributed by atoms with Crippen molar-refractivity contribution in [2.45, 2.75) is 26.2 Å². The third kappa shape index (κ3) is 3.85. The summed E-state index contributed by atoms with van der Waals surface area (Å²) in [7, 11) is 0. The summed E-state index contributed by atoms with van der Waals surface area (Å²) in [5.74, 6) is -0.138. The van der Waals surface area contributed by atoms with E-state index in [-0.39, 0.29) is 11.3 Å². The van der Waals surface area contributed by atoms with Crippen molar-refractivity contribution in [1.82, 2.24) is 0 Å². The molecule has 110 valence electrons. The molecule has 0 spiro atoms. The minimum absolute atomic E-state index is 0.0784. The van der Waals surface area contributed by atoms with Crippen molar-refractivity contribution in [3.05, 3.63) is 58.1 Å². The Labute approximate surface area is 133 Å². The number of nitrogens with one attached hydrogen (secondary N) is 1. The number of hydrogen-bond acceptors (Lipinski definition) is 2. The van der Waals surface area contributed by atoms with Crippen molar-refractivity contribution in [2.75, 3.05) is 11.1 Å². The van der Waals surface area contributed by atoms with E-state index in [1.165, 1.54) is 5.56 Å². The van der Waals surface area contributed by atoms with Gasteiger partial charge in [-0.05, 0) is 57.2 Å². The summed E-state index contributed by atoms with van der Waals surface area (Å²) in [5, 5.41) is 2.87. The molecule has 2 aromatic carbocycles. The molecule has 0 aliphatic carbocycles. The summed E-state index contributed by atoms with van der Waals surface area (Å²) in [6, 6.07) is 13.0. The first-order chi connectivity index (χ1) is 9.77. The number of anilines is 2. The third-order valence-corrected chi connectivity index (χ3v) is 3.91. The molecule has 0 saturated carbocycles. The van der Waals surface area contributed by atoms with Crippen molar-refractivity contribution < 1.29 is 4.79 Å². The number of carbonyl (C=O) groups is 1. The quantitative estimate of drug-likeness (QED) is 0.781. The first-order valence-electron chi connectivity index (χ1n) is 6.74. The Morgan fingerprint density at radius 2 is 1.71 bits per heavy atom. The van der Waals surface area contributed by atoms with E-state index in [9.17, 15) is 4.79 Å². The molecule has 0 radical (unpaired) electrons. The summed E-state index contributed by atoms with van der Waals surface area (Å²) in [6.45, 7) is 6.44. The van der Waals surface area contributed by atoms with Crippen LogP contribution in [0.2, 0.25) is 0 Å². The van der Waals surface area contributed by atoms with Gasteiger partial charge in [-0.25, -0.2) is 0 Å². The summed E-state index contributed by atoms with van der Waals surface area (Å²) in [4.78, 5) is 12.2. The van der Waals surface area contributed by atoms with Crippen LogP contribution in [0.3, 0.4) is 0 Å². The third-order valence-electron chi connectivity index (χ3n) is 3.25. The second kappa shape index (κ2) is 5.90. The number of rotatable bonds is 2. The van der Waals surface area contributed by atoms with Gasteiger partial charge in [-0.15, -0.1) is 0 Å². The number of hydrogen-bond donors (Lipinski definition) is 2. The Morgan fingerprint density at radius 1 is 1.10 bits per heavy atom. The molecule has 21 heavy (non-hydrogen) atoms. The van der Waals surface area contributed by atoms with E-state index >= 15 is 0 Å². The van der Waals surface area contributed by atoms with Crippen LogP contribution in [0, 0.1) is 0 Å². The molecule has 0 fully saturated rings. The molecule has 0 aromatic heterocycles. The Balaban J connectivity index is 2.17. The monoisotopic (exact) mass is 346 g/mol.